The Hall–Kier alpha value is -1.65. The molecule has 2 atom stereocenters. The van der Waals surface area contributed by atoms with Crippen molar-refractivity contribution in [1.82, 2.24) is 5.32 Å². The van der Waals surface area contributed by atoms with Gasteiger partial charge in [-0.1, -0.05) is 262 Å². The normalized spacial score (nSPS) is 13.2. The van der Waals surface area contributed by atoms with E-state index in [1.165, 1.54) is 218 Å². The van der Waals surface area contributed by atoms with Crippen LogP contribution < -0.4 is 5.32 Å². The summed E-state index contributed by atoms with van der Waals surface area (Å²) in [7, 11) is 0. The number of nitrogens with one attached hydrogen (secondary N) is 1. The van der Waals surface area contributed by atoms with Gasteiger partial charge >= 0.3 is 0 Å². The highest BCUT2D eigenvalue weighted by Crippen LogP contribution is 2.17. The van der Waals surface area contributed by atoms with Crippen molar-refractivity contribution in [2.45, 2.75) is 296 Å². The summed E-state index contributed by atoms with van der Waals surface area (Å²) in [6, 6.07) is -0.645. The van der Waals surface area contributed by atoms with Gasteiger partial charge in [-0.25, -0.2) is 0 Å². The summed E-state index contributed by atoms with van der Waals surface area (Å²) in [5.41, 5.74) is 0. The topological polar surface area (TPSA) is 69.6 Å². The minimum atomic E-state index is -0.867. The second-order valence-corrected chi connectivity index (χ2v) is 18.3. The number of amides is 1. The van der Waals surface area contributed by atoms with E-state index in [-0.39, 0.29) is 12.5 Å². The van der Waals surface area contributed by atoms with Gasteiger partial charge in [-0.15, -0.1) is 0 Å². The van der Waals surface area contributed by atoms with E-state index in [9.17, 15) is 15.0 Å². The second-order valence-electron chi connectivity index (χ2n) is 18.3. The summed E-state index contributed by atoms with van der Waals surface area (Å²) < 4.78 is 0. The van der Waals surface area contributed by atoms with Crippen LogP contribution in [-0.2, 0) is 4.79 Å². The summed E-state index contributed by atoms with van der Waals surface area (Å²) in [5.74, 6) is -0.0806. The van der Waals surface area contributed by atoms with Crippen LogP contribution in [0.1, 0.15) is 284 Å². The maximum atomic E-state index is 12.4. The van der Waals surface area contributed by atoms with Gasteiger partial charge in [0.25, 0.3) is 0 Å². The Morgan fingerprint density at radius 1 is 0.400 bits per heavy atom. The van der Waals surface area contributed by atoms with E-state index < -0.39 is 12.1 Å². The molecule has 352 valence electrons. The Morgan fingerprint density at radius 2 is 0.700 bits per heavy atom. The van der Waals surface area contributed by atoms with Crippen LogP contribution in [0.15, 0.2) is 48.6 Å². The molecule has 0 heterocycles. The number of carbonyl (C=O) groups excluding carboxylic acids is 1. The van der Waals surface area contributed by atoms with Crippen LogP contribution in [-0.4, -0.2) is 34.9 Å². The smallest absolute Gasteiger partial charge is 0.220 e. The van der Waals surface area contributed by atoms with E-state index in [0.717, 1.165) is 44.9 Å². The Morgan fingerprint density at radius 3 is 1.10 bits per heavy atom. The molecule has 0 radical (unpaired) electrons. The molecular formula is C56H105NO3. The molecule has 0 aliphatic heterocycles. The number of allylic oxidation sites excluding steroid dienone is 7. The highest BCUT2D eigenvalue weighted by atomic mass is 16.3. The van der Waals surface area contributed by atoms with Gasteiger partial charge in [-0.2, -0.15) is 0 Å². The number of aliphatic hydroxyl groups is 2. The molecule has 1 amide bonds. The lowest BCUT2D eigenvalue weighted by Crippen LogP contribution is -2.45. The predicted molar refractivity (Wildman–Crippen MR) is 267 cm³/mol. The molecule has 0 aromatic rings. The first-order valence-electron chi connectivity index (χ1n) is 26.9. The number of unbranched alkanes of at least 4 members (excludes halogenated alkanes) is 36. The molecular weight excluding hydrogens is 735 g/mol. The fourth-order valence-corrected chi connectivity index (χ4v) is 8.17. The van der Waals surface area contributed by atoms with E-state index in [2.05, 4.69) is 55.6 Å². The first-order valence-corrected chi connectivity index (χ1v) is 26.9. The van der Waals surface area contributed by atoms with Gasteiger partial charge in [-0.05, 0) is 64.2 Å². The third-order valence-corrected chi connectivity index (χ3v) is 12.3. The minimum Gasteiger partial charge on any atom is -0.394 e. The molecule has 0 saturated carbocycles. The Labute approximate surface area is 375 Å². The molecule has 0 saturated heterocycles. The fourth-order valence-electron chi connectivity index (χ4n) is 8.17. The van der Waals surface area contributed by atoms with Crippen molar-refractivity contribution in [1.29, 1.82) is 0 Å². The maximum absolute atomic E-state index is 12.4. The second kappa shape index (κ2) is 51.7. The molecule has 0 bridgehead atoms. The van der Waals surface area contributed by atoms with Crippen molar-refractivity contribution in [2.24, 2.45) is 0 Å². The summed E-state index contributed by atoms with van der Waals surface area (Å²) in [5, 5.41) is 23.1. The van der Waals surface area contributed by atoms with Crippen molar-refractivity contribution in [2.75, 3.05) is 6.61 Å². The van der Waals surface area contributed by atoms with Gasteiger partial charge < -0.3 is 15.5 Å². The van der Waals surface area contributed by atoms with Crippen molar-refractivity contribution >= 4 is 5.91 Å². The average molecular weight is 840 g/mol. The van der Waals surface area contributed by atoms with Crippen molar-refractivity contribution in [3.63, 3.8) is 0 Å². The van der Waals surface area contributed by atoms with Crippen LogP contribution in [0.2, 0.25) is 0 Å². The Balaban J connectivity index is 3.51. The van der Waals surface area contributed by atoms with E-state index in [1.807, 2.05) is 6.08 Å². The molecule has 0 aliphatic carbocycles. The monoisotopic (exact) mass is 840 g/mol. The first-order chi connectivity index (χ1) is 29.7. The predicted octanol–water partition coefficient (Wildman–Crippen LogP) is 17.5. The standard InChI is InChI=1S/C56H105NO3/c1-3-5-7-9-11-13-15-17-19-21-22-23-24-25-26-27-28-29-30-31-32-33-34-36-37-39-41-43-45-47-49-51-55(59)54(53-58)57-56(60)52-50-48-46-44-42-40-38-35-20-18-16-14-12-10-8-6-4-2/h12,14,18,20,41,43,49,51,54-55,58-59H,3-11,13,15-17,19,21-40,42,44-48,50,52-53H2,1-2H3,(H,57,60)/b14-12-,20-18-,43-41+,51-49+. The molecule has 0 fully saturated rings. The van der Waals surface area contributed by atoms with E-state index in [4.69, 9.17) is 0 Å². The van der Waals surface area contributed by atoms with Gasteiger partial charge in [0, 0.05) is 6.42 Å². The zero-order valence-electron chi connectivity index (χ0n) is 40.5. The number of carbonyl (C=O) groups is 1. The number of hydrogen-bond acceptors (Lipinski definition) is 3. The van der Waals surface area contributed by atoms with E-state index in [1.54, 1.807) is 6.08 Å². The van der Waals surface area contributed by atoms with Crippen molar-refractivity contribution < 1.29 is 15.0 Å². The highest BCUT2D eigenvalue weighted by molar-refractivity contribution is 5.76. The van der Waals surface area contributed by atoms with Crippen molar-refractivity contribution in [3.8, 4) is 0 Å². The largest absolute Gasteiger partial charge is 0.394 e. The first kappa shape index (κ1) is 58.4. The SMILES string of the molecule is CCCCC/C=C\C/C=C\CCCCCCCCCC(=O)NC(CO)C(O)/C=C/CC/C=C/CCCCCCCCCCCCCCCCCCCCCCCCCCC. The van der Waals surface area contributed by atoms with Crippen LogP contribution in [0, 0.1) is 0 Å². The highest BCUT2D eigenvalue weighted by Gasteiger charge is 2.17. The van der Waals surface area contributed by atoms with Gasteiger partial charge in [0.1, 0.15) is 0 Å². The number of hydrogen-bond donors (Lipinski definition) is 3. The van der Waals surface area contributed by atoms with Crippen LogP contribution in [0.4, 0.5) is 0 Å². The molecule has 2 unspecified atom stereocenters. The average Bonchev–Trinajstić information content (AvgIpc) is 3.25. The Kier molecular flexibility index (Phi) is 50.3. The van der Waals surface area contributed by atoms with Crippen LogP contribution >= 0.6 is 0 Å². The maximum Gasteiger partial charge on any atom is 0.220 e. The quantitative estimate of drug-likeness (QED) is 0.0422. The van der Waals surface area contributed by atoms with Gasteiger partial charge in [0.2, 0.25) is 5.91 Å². The van der Waals surface area contributed by atoms with Crippen molar-refractivity contribution in [3.05, 3.63) is 48.6 Å². The summed E-state index contributed by atoms with van der Waals surface area (Å²) in [4.78, 5) is 12.4. The van der Waals surface area contributed by atoms with Crippen LogP contribution in [0.3, 0.4) is 0 Å². The molecule has 4 heteroatoms. The number of aliphatic hydroxyl groups excluding tert-OH is 2. The van der Waals surface area contributed by atoms with Crippen LogP contribution in [0.5, 0.6) is 0 Å². The third-order valence-electron chi connectivity index (χ3n) is 12.3. The molecule has 0 rings (SSSR count). The lowest BCUT2D eigenvalue weighted by atomic mass is 10.0. The zero-order valence-corrected chi connectivity index (χ0v) is 40.5. The van der Waals surface area contributed by atoms with E-state index in [0.29, 0.717) is 6.42 Å². The van der Waals surface area contributed by atoms with Gasteiger partial charge in [0.15, 0.2) is 0 Å². The number of rotatable bonds is 49. The molecule has 4 nitrogen and oxygen atoms in total. The summed E-state index contributed by atoms with van der Waals surface area (Å²) >= 11 is 0. The van der Waals surface area contributed by atoms with Gasteiger partial charge in [-0.3, -0.25) is 4.79 Å². The minimum absolute atomic E-state index is 0.0806. The lowest BCUT2D eigenvalue weighted by molar-refractivity contribution is -0.123. The fraction of sp³-hybridized carbons (Fsp3) is 0.839. The zero-order chi connectivity index (χ0) is 43.5. The molecule has 0 spiro atoms. The van der Waals surface area contributed by atoms with Crippen LogP contribution in [0.25, 0.3) is 0 Å². The summed E-state index contributed by atoms with van der Waals surface area (Å²) in [6.07, 6.45) is 71.3. The molecule has 0 aliphatic rings. The Bertz CT molecular complexity index is 954. The van der Waals surface area contributed by atoms with Gasteiger partial charge in [0.05, 0.1) is 18.8 Å². The third kappa shape index (κ3) is 47.4. The molecule has 0 aromatic heterocycles. The lowest BCUT2D eigenvalue weighted by Gasteiger charge is -2.19. The molecule has 3 N–H and O–H groups in total. The summed E-state index contributed by atoms with van der Waals surface area (Å²) in [6.45, 7) is 4.29. The van der Waals surface area contributed by atoms with E-state index >= 15 is 0 Å². The molecule has 60 heavy (non-hydrogen) atoms. The molecule has 0 aromatic carbocycles.